The van der Waals surface area contributed by atoms with E-state index in [1.54, 1.807) is 24.1 Å². The topological polar surface area (TPSA) is 69.7 Å². The Morgan fingerprint density at radius 1 is 1.21 bits per heavy atom. The van der Waals surface area contributed by atoms with Gasteiger partial charge in [-0.05, 0) is 54.8 Å². The number of amides is 3. The summed E-state index contributed by atoms with van der Waals surface area (Å²) in [6.45, 7) is 3.12. The minimum absolute atomic E-state index is 0.0524. The molecule has 1 N–H and O–H groups in total. The van der Waals surface area contributed by atoms with Crippen LogP contribution in [0.3, 0.4) is 0 Å². The van der Waals surface area contributed by atoms with Crippen molar-refractivity contribution in [2.45, 2.75) is 26.3 Å². The van der Waals surface area contributed by atoms with E-state index in [-0.39, 0.29) is 24.3 Å². The summed E-state index contributed by atoms with van der Waals surface area (Å²) in [5, 5.41) is 2.84. The molecule has 3 amide bonds. The number of rotatable bonds is 6. The van der Waals surface area contributed by atoms with E-state index in [1.807, 2.05) is 37.3 Å². The van der Waals surface area contributed by atoms with Crippen LogP contribution in [-0.2, 0) is 16.1 Å². The van der Waals surface area contributed by atoms with Gasteiger partial charge in [-0.2, -0.15) is 0 Å². The first-order valence-electron chi connectivity index (χ1n) is 9.51. The van der Waals surface area contributed by atoms with Gasteiger partial charge in [0.2, 0.25) is 11.8 Å². The highest BCUT2D eigenvalue weighted by molar-refractivity contribution is 9.10. The number of hydrogen-bond donors (Lipinski definition) is 1. The molecule has 6 nitrogen and oxygen atoms in total. The molecule has 0 spiro atoms. The lowest BCUT2D eigenvalue weighted by Crippen LogP contribution is -2.35. The highest BCUT2D eigenvalue weighted by Gasteiger charge is 2.21. The lowest BCUT2D eigenvalue weighted by molar-refractivity contribution is -0.128. The molecule has 0 bridgehead atoms. The number of anilines is 1. The molecule has 1 fully saturated rings. The fourth-order valence-corrected chi connectivity index (χ4v) is 3.83. The minimum Gasteiger partial charge on any atom is -0.338 e. The van der Waals surface area contributed by atoms with Crippen molar-refractivity contribution in [2.75, 3.05) is 25.5 Å². The first kappa shape index (κ1) is 21.0. The highest BCUT2D eigenvalue weighted by atomic mass is 79.9. The summed E-state index contributed by atoms with van der Waals surface area (Å²) in [6, 6.07) is 12.8. The predicted octanol–water partition coefficient (Wildman–Crippen LogP) is 3.59. The van der Waals surface area contributed by atoms with E-state index < -0.39 is 0 Å². The Hall–Kier alpha value is -2.67. The van der Waals surface area contributed by atoms with Crippen LogP contribution in [0.4, 0.5) is 5.69 Å². The Morgan fingerprint density at radius 2 is 2.00 bits per heavy atom. The van der Waals surface area contributed by atoms with Crippen molar-refractivity contribution in [1.82, 2.24) is 9.80 Å². The summed E-state index contributed by atoms with van der Waals surface area (Å²) in [4.78, 5) is 40.1. The second-order valence-electron chi connectivity index (χ2n) is 7.29. The lowest BCUT2D eigenvalue weighted by atomic mass is 10.1. The van der Waals surface area contributed by atoms with Crippen molar-refractivity contribution in [3.05, 3.63) is 63.6 Å². The zero-order valence-electron chi connectivity index (χ0n) is 16.6. The third kappa shape index (κ3) is 5.44. The van der Waals surface area contributed by atoms with Gasteiger partial charge in [0.15, 0.2) is 0 Å². The smallest absolute Gasteiger partial charge is 0.254 e. The second-order valence-corrected chi connectivity index (χ2v) is 8.20. The third-order valence-corrected chi connectivity index (χ3v) is 5.40. The average Bonchev–Trinajstić information content (AvgIpc) is 3.08. The molecule has 1 heterocycles. The van der Waals surface area contributed by atoms with Gasteiger partial charge in [-0.1, -0.05) is 28.1 Å². The largest absolute Gasteiger partial charge is 0.338 e. The zero-order valence-corrected chi connectivity index (χ0v) is 18.2. The van der Waals surface area contributed by atoms with Gasteiger partial charge in [-0.15, -0.1) is 0 Å². The van der Waals surface area contributed by atoms with Crippen molar-refractivity contribution in [3.8, 4) is 0 Å². The van der Waals surface area contributed by atoms with Gasteiger partial charge in [-0.3, -0.25) is 14.4 Å². The summed E-state index contributed by atoms with van der Waals surface area (Å²) in [6.07, 6.45) is 1.47. The summed E-state index contributed by atoms with van der Waals surface area (Å²) < 4.78 is 0.941. The van der Waals surface area contributed by atoms with E-state index in [0.717, 1.165) is 34.3 Å². The molecule has 0 aromatic heterocycles. The van der Waals surface area contributed by atoms with Crippen molar-refractivity contribution in [3.63, 3.8) is 0 Å². The quantitative estimate of drug-likeness (QED) is 0.720. The number of nitrogens with one attached hydrogen (secondary N) is 1. The average molecular weight is 458 g/mol. The number of benzene rings is 2. The van der Waals surface area contributed by atoms with E-state index in [9.17, 15) is 14.4 Å². The van der Waals surface area contributed by atoms with Gasteiger partial charge in [0.05, 0.1) is 6.54 Å². The molecule has 152 valence electrons. The number of halogens is 1. The summed E-state index contributed by atoms with van der Waals surface area (Å²) >= 11 is 3.40. The fourth-order valence-electron chi connectivity index (χ4n) is 3.36. The number of nitrogens with zero attached hydrogens (tertiary/aromatic N) is 2. The van der Waals surface area contributed by atoms with Crippen molar-refractivity contribution < 1.29 is 14.4 Å². The molecule has 2 aromatic rings. The molecule has 1 aliphatic heterocycles. The van der Waals surface area contributed by atoms with Crippen LogP contribution < -0.4 is 5.32 Å². The maximum Gasteiger partial charge on any atom is 0.254 e. The normalized spacial score (nSPS) is 13.5. The van der Waals surface area contributed by atoms with Crippen molar-refractivity contribution in [2.24, 2.45) is 0 Å². The number of likely N-dealkylation sites (N-methyl/N-ethyl adjacent to an activating group) is 1. The number of carbonyl (C=O) groups is 3. The lowest BCUT2D eigenvalue weighted by Gasteiger charge is -2.19. The molecule has 0 saturated carbocycles. The van der Waals surface area contributed by atoms with Gasteiger partial charge in [0, 0.05) is 42.3 Å². The molecule has 0 unspecified atom stereocenters. The highest BCUT2D eigenvalue weighted by Crippen LogP contribution is 2.20. The van der Waals surface area contributed by atoms with Gasteiger partial charge in [0.1, 0.15) is 0 Å². The van der Waals surface area contributed by atoms with Crippen LogP contribution in [0, 0.1) is 6.92 Å². The second kappa shape index (κ2) is 9.22. The maximum atomic E-state index is 12.8. The Kier molecular flexibility index (Phi) is 6.69. The van der Waals surface area contributed by atoms with Gasteiger partial charge >= 0.3 is 0 Å². The van der Waals surface area contributed by atoms with Crippen molar-refractivity contribution in [1.29, 1.82) is 0 Å². The van der Waals surface area contributed by atoms with E-state index in [1.165, 1.54) is 4.90 Å². The standard InChI is InChI=1S/C22H24BrN3O3/c1-15-11-18(23)8-9-19(15)24-20(27)14-25(2)22(29)17-6-3-5-16(12-17)13-26-10-4-7-21(26)28/h3,5-6,8-9,11-12H,4,7,10,13-14H2,1-2H3,(H,24,27). The maximum absolute atomic E-state index is 12.8. The van der Waals surface area contributed by atoms with E-state index in [2.05, 4.69) is 21.2 Å². The Balaban J connectivity index is 1.61. The SMILES string of the molecule is Cc1cc(Br)ccc1NC(=O)CN(C)C(=O)c1cccc(CN2CCCC2=O)c1. The molecule has 0 atom stereocenters. The van der Waals surface area contributed by atoms with Crippen LogP contribution in [0.15, 0.2) is 46.9 Å². The van der Waals surface area contributed by atoms with Crippen LogP contribution in [0.5, 0.6) is 0 Å². The zero-order chi connectivity index (χ0) is 21.0. The van der Waals surface area contributed by atoms with Gasteiger partial charge in [-0.25, -0.2) is 0 Å². The Bertz CT molecular complexity index is 945. The van der Waals surface area contributed by atoms with Crippen LogP contribution >= 0.6 is 15.9 Å². The number of hydrogen-bond acceptors (Lipinski definition) is 3. The van der Waals surface area contributed by atoms with E-state index >= 15 is 0 Å². The molecule has 0 radical (unpaired) electrons. The first-order valence-corrected chi connectivity index (χ1v) is 10.3. The third-order valence-electron chi connectivity index (χ3n) is 4.91. The van der Waals surface area contributed by atoms with E-state index in [4.69, 9.17) is 0 Å². The van der Waals surface area contributed by atoms with Crippen LogP contribution in [0.25, 0.3) is 0 Å². The predicted molar refractivity (Wildman–Crippen MR) is 116 cm³/mol. The summed E-state index contributed by atoms with van der Waals surface area (Å²) in [5.41, 5.74) is 3.07. The molecule has 29 heavy (non-hydrogen) atoms. The molecule has 3 rings (SSSR count). The van der Waals surface area contributed by atoms with Crippen LogP contribution in [0.2, 0.25) is 0 Å². The summed E-state index contributed by atoms with van der Waals surface area (Å²) in [5.74, 6) is -0.342. The Morgan fingerprint density at radius 3 is 2.69 bits per heavy atom. The van der Waals surface area contributed by atoms with E-state index in [0.29, 0.717) is 18.5 Å². The van der Waals surface area contributed by atoms with Gasteiger partial charge < -0.3 is 15.1 Å². The molecular formula is C22H24BrN3O3. The fraction of sp³-hybridized carbons (Fsp3) is 0.318. The van der Waals surface area contributed by atoms with Crippen LogP contribution in [0.1, 0.15) is 34.3 Å². The minimum atomic E-state index is -0.259. The van der Waals surface area contributed by atoms with Gasteiger partial charge in [0.25, 0.3) is 5.91 Å². The van der Waals surface area contributed by atoms with Crippen LogP contribution in [-0.4, -0.2) is 47.7 Å². The summed E-state index contributed by atoms with van der Waals surface area (Å²) in [7, 11) is 1.60. The molecule has 1 saturated heterocycles. The molecule has 0 aliphatic carbocycles. The number of carbonyl (C=O) groups excluding carboxylic acids is 3. The van der Waals surface area contributed by atoms with Crippen molar-refractivity contribution >= 4 is 39.3 Å². The first-order chi connectivity index (χ1) is 13.8. The molecule has 1 aliphatic rings. The number of aryl methyl sites for hydroxylation is 1. The monoisotopic (exact) mass is 457 g/mol. The number of likely N-dealkylation sites (tertiary alicyclic amines) is 1. The molecule has 7 heteroatoms. The molecule has 2 aromatic carbocycles. The molecular weight excluding hydrogens is 434 g/mol. The Labute approximate surface area is 179 Å².